The van der Waals surface area contributed by atoms with Crippen LogP contribution in [-0.2, 0) is 21.2 Å². The van der Waals surface area contributed by atoms with E-state index in [1.807, 2.05) is 0 Å². The third-order valence-electron chi connectivity index (χ3n) is 3.84. The molecule has 0 aliphatic heterocycles. The summed E-state index contributed by atoms with van der Waals surface area (Å²) >= 11 is 0. The van der Waals surface area contributed by atoms with E-state index < -0.39 is 21.0 Å². The summed E-state index contributed by atoms with van der Waals surface area (Å²) in [5.74, 6) is 0.244. The fourth-order valence-electron chi connectivity index (χ4n) is 2.27. The van der Waals surface area contributed by atoms with Gasteiger partial charge < -0.3 is 10.1 Å². The van der Waals surface area contributed by atoms with E-state index >= 15 is 0 Å². The van der Waals surface area contributed by atoms with Crippen molar-refractivity contribution in [2.75, 3.05) is 5.75 Å². The van der Waals surface area contributed by atoms with Crippen LogP contribution in [0.4, 0.5) is 4.39 Å². The van der Waals surface area contributed by atoms with Crippen molar-refractivity contribution in [3.63, 3.8) is 0 Å². The molecule has 1 N–H and O–H groups in total. The Balaban J connectivity index is 1.91. The van der Waals surface area contributed by atoms with Crippen LogP contribution in [0.25, 0.3) is 0 Å². The first-order valence-electron chi connectivity index (χ1n) is 8.33. The Hall–Kier alpha value is -2.41. The summed E-state index contributed by atoms with van der Waals surface area (Å²) in [6.45, 7) is 3.39. The van der Waals surface area contributed by atoms with Gasteiger partial charge in [0.05, 0.1) is 5.75 Å². The van der Waals surface area contributed by atoms with E-state index in [2.05, 4.69) is 5.32 Å². The van der Waals surface area contributed by atoms with Crippen LogP contribution in [0.15, 0.2) is 48.5 Å². The normalized spacial score (nSPS) is 12.4. The van der Waals surface area contributed by atoms with E-state index in [1.54, 1.807) is 31.2 Å². The Morgan fingerprint density at radius 2 is 1.62 bits per heavy atom. The van der Waals surface area contributed by atoms with Crippen molar-refractivity contribution in [3.8, 4) is 11.5 Å². The maximum absolute atomic E-state index is 12.9. The number of rotatable bonds is 8. The third-order valence-corrected chi connectivity index (χ3v) is 6.10. The molecule has 0 aromatic heterocycles. The molecule has 0 fully saturated rings. The number of benzene rings is 2. The topological polar surface area (TPSA) is 72.5 Å². The van der Waals surface area contributed by atoms with Crippen LogP contribution in [0.1, 0.15) is 25.8 Å². The van der Waals surface area contributed by atoms with Crippen molar-refractivity contribution in [1.82, 2.24) is 5.32 Å². The number of amides is 1. The van der Waals surface area contributed by atoms with Crippen molar-refractivity contribution in [2.45, 2.75) is 32.1 Å². The van der Waals surface area contributed by atoms with Crippen molar-refractivity contribution in [3.05, 3.63) is 59.9 Å². The highest BCUT2D eigenvalue weighted by atomic mass is 32.2. The molecule has 140 valence electrons. The molecule has 2 rings (SSSR count). The molecule has 0 radical (unpaired) electrons. The smallest absolute Gasteiger partial charge is 0.238 e. The first-order valence-corrected chi connectivity index (χ1v) is 10.0. The number of hydrogen-bond donors (Lipinski definition) is 1. The minimum absolute atomic E-state index is 0.00297. The van der Waals surface area contributed by atoms with Crippen molar-refractivity contribution < 1.29 is 22.3 Å². The van der Waals surface area contributed by atoms with Crippen LogP contribution in [-0.4, -0.2) is 25.3 Å². The Morgan fingerprint density at radius 1 is 1.08 bits per heavy atom. The molecule has 0 aliphatic carbocycles. The van der Waals surface area contributed by atoms with Gasteiger partial charge in [-0.15, -0.1) is 0 Å². The second-order valence-electron chi connectivity index (χ2n) is 5.93. The molecule has 0 saturated carbocycles. The Bertz CT molecular complexity index is 833. The van der Waals surface area contributed by atoms with Gasteiger partial charge in [0, 0.05) is 6.54 Å². The number of ether oxygens (including phenoxy) is 1. The van der Waals surface area contributed by atoms with Crippen LogP contribution in [0.3, 0.4) is 0 Å². The zero-order chi connectivity index (χ0) is 19.2. The molecular formula is C19H22FNO4S. The van der Waals surface area contributed by atoms with Crippen LogP contribution in [0.5, 0.6) is 11.5 Å². The van der Waals surface area contributed by atoms with Gasteiger partial charge in [0.15, 0.2) is 9.84 Å². The summed E-state index contributed by atoms with van der Waals surface area (Å²) < 4.78 is 42.3. The molecule has 26 heavy (non-hydrogen) atoms. The molecule has 5 nitrogen and oxygen atoms in total. The molecule has 0 bridgehead atoms. The van der Waals surface area contributed by atoms with Crippen molar-refractivity contribution in [2.24, 2.45) is 0 Å². The van der Waals surface area contributed by atoms with E-state index in [9.17, 15) is 17.6 Å². The molecule has 2 aromatic carbocycles. The van der Waals surface area contributed by atoms with E-state index in [-0.39, 0.29) is 18.1 Å². The van der Waals surface area contributed by atoms with Gasteiger partial charge in [-0.05, 0) is 55.3 Å². The van der Waals surface area contributed by atoms with Crippen molar-refractivity contribution in [1.29, 1.82) is 0 Å². The minimum atomic E-state index is -3.42. The lowest BCUT2D eigenvalue weighted by Gasteiger charge is -2.13. The first kappa shape index (κ1) is 19.9. The van der Waals surface area contributed by atoms with E-state index in [1.165, 1.54) is 31.2 Å². The molecule has 7 heteroatoms. The number of carbonyl (C=O) groups excluding carboxylic acids is 1. The second-order valence-corrected chi connectivity index (χ2v) is 8.37. The number of sulfone groups is 1. The number of carbonyl (C=O) groups is 1. The summed E-state index contributed by atoms with van der Waals surface area (Å²) in [4.78, 5) is 12.0. The molecule has 0 spiro atoms. The molecule has 2 aromatic rings. The molecule has 1 unspecified atom stereocenters. The van der Waals surface area contributed by atoms with Gasteiger partial charge in [0.2, 0.25) is 5.91 Å². The molecule has 1 amide bonds. The Labute approximate surface area is 153 Å². The van der Waals surface area contributed by atoms with Gasteiger partial charge in [-0.1, -0.05) is 19.1 Å². The maximum Gasteiger partial charge on any atom is 0.238 e. The lowest BCUT2D eigenvalue weighted by atomic mass is 10.2. The quantitative estimate of drug-likeness (QED) is 0.762. The van der Waals surface area contributed by atoms with Gasteiger partial charge in [-0.3, -0.25) is 4.79 Å². The zero-order valence-electron chi connectivity index (χ0n) is 14.7. The summed E-state index contributed by atoms with van der Waals surface area (Å²) in [7, 11) is -3.42. The number of nitrogens with one attached hydrogen (secondary N) is 1. The van der Waals surface area contributed by atoms with Gasteiger partial charge in [0.25, 0.3) is 0 Å². The lowest BCUT2D eigenvalue weighted by Crippen LogP contribution is -2.38. The SMILES string of the molecule is CCCS(=O)(=O)C(C)C(=O)NCc1ccc(Oc2ccc(F)cc2)cc1. The molecular weight excluding hydrogens is 357 g/mol. The zero-order valence-corrected chi connectivity index (χ0v) is 15.6. The number of hydrogen-bond acceptors (Lipinski definition) is 4. The minimum Gasteiger partial charge on any atom is -0.457 e. The number of halogens is 1. The van der Waals surface area contributed by atoms with Gasteiger partial charge >= 0.3 is 0 Å². The lowest BCUT2D eigenvalue weighted by molar-refractivity contribution is -0.120. The van der Waals surface area contributed by atoms with Crippen LogP contribution < -0.4 is 10.1 Å². The van der Waals surface area contributed by atoms with Gasteiger partial charge in [0.1, 0.15) is 22.6 Å². The average molecular weight is 379 g/mol. The Morgan fingerprint density at radius 3 is 2.15 bits per heavy atom. The van der Waals surface area contributed by atoms with Crippen LogP contribution >= 0.6 is 0 Å². The monoisotopic (exact) mass is 379 g/mol. The van der Waals surface area contributed by atoms with Gasteiger partial charge in [-0.25, -0.2) is 12.8 Å². The molecule has 1 atom stereocenters. The first-order chi connectivity index (χ1) is 12.3. The van der Waals surface area contributed by atoms with Crippen molar-refractivity contribution >= 4 is 15.7 Å². The summed E-state index contributed by atoms with van der Waals surface area (Å²) in [5, 5.41) is 1.57. The summed E-state index contributed by atoms with van der Waals surface area (Å²) in [6, 6.07) is 12.7. The molecule has 0 saturated heterocycles. The molecule has 0 heterocycles. The average Bonchev–Trinajstić information content (AvgIpc) is 2.62. The fraction of sp³-hybridized carbons (Fsp3) is 0.316. The standard InChI is InChI=1S/C19H22FNO4S/c1-3-12-26(23,24)14(2)19(22)21-13-15-4-8-17(9-5-15)25-18-10-6-16(20)7-11-18/h4-11,14H,3,12-13H2,1-2H3,(H,21,22). The summed E-state index contributed by atoms with van der Waals surface area (Å²) in [6.07, 6.45) is 0.482. The summed E-state index contributed by atoms with van der Waals surface area (Å²) in [5.41, 5.74) is 0.810. The highest BCUT2D eigenvalue weighted by Gasteiger charge is 2.26. The Kier molecular flexibility index (Phi) is 6.74. The van der Waals surface area contributed by atoms with E-state index in [4.69, 9.17) is 4.74 Å². The van der Waals surface area contributed by atoms with E-state index in [0.717, 1.165) is 5.56 Å². The highest BCUT2D eigenvalue weighted by molar-refractivity contribution is 7.92. The highest BCUT2D eigenvalue weighted by Crippen LogP contribution is 2.21. The maximum atomic E-state index is 12.9. The fourth-order valence-corrected chi connectivity index (χ4v) is 3.60. The second kappa shape index (κ2) is 8.80. The van der Waals surface area contributed by atoms with Crippen LogP contribution in [0, 0.1) is 5.82 Å². The van der Waals surface area contributed by atoms with E-state index in [0.29, 0.717) is 17.9 Å². The largest absolute Gasteiger partial charge is 0.457 e. The van der Waals surface area contributed by atoms with Gasteiger partial charge in [-0.2, -0.15) is 0 Å². The predicted molar refractivity (Wildman–Crippen MR) is 98.3 cm³/mol. The predicted octanol–water partition coefficient (Wildman–Crippen LogP) is 3.45. The third kappa shape index (κ3) is 5.56. The van der Waals surface area contributed by atoms with Crippen LogP contribution in [0.2, 0.25) is 0 Å². The molecule has 0 aliphatic rings.